The van der Waals surface area contributed by atoms with Gasteiger partial charge in [0.25, 0.3) is 5.91 Å². The Labute approximate surface area is 177 Å². The molecule has 152 valence electrons. The van der Waals surface area contributed by atoms with Crippen LogP contribution in [0.25, 0.3) is 0 Å². The van der Waals surface area contributed by atoms with Crippen LogP contribution in [0.1, 0.15) is 15.9 Å². The number of nitrogens with one attached hydrogen (secondary N) is 1. The summed E-state index contributed by atoms with van der Waals surface area (Å²) in [6.45, 7) is 3.34. The second-order valence-corrected chi connectivity index (χ2v) is 6.64. The summed E-state index contributed by atoms with van der Waals surface area (Å²) in [4.78, 5) is 28.9. The van der Waals surface area contributed by atoms with Gasteiger partial charge in [-0.3, -0.25) is 9.59 Å². The van der Waals surface area contributed by atoms with Crippen molar-refractivity contribution in [3.05, 3.63) is 59.7 Å². The minimum atomic E-state index is -0.222. The van der Waals surface area contributed by atoms with Gasteiger partial charge in [-0.25, -0.2) is 0 Å². The van der Waals surface area contributed by atoms with Crippen molar-refractivity contribution in [1.82, 2.24) is 9.80 Å². The van der Waals surface area contributed by atoms with Crippen LogP contribution >= 0.6 is 24.8 Å². The first-order chi connectivity index (χ1) is 12.5. The van der Waals surface area contributed by atoms with Crippen molar-refractivity contribution in [2.24, 2.45) is 0 Å². The molecule has 0 unspecified atom stereocenters. The molecule has 0 radical (unpaired) electrons. The average Bonchev–Trinajstić information content (AvgIpc) is 2.62. The van der Waals surface area contributed by atoms with E-state index in [1.807, 2.05) is 29.2 Å². The summed E-state index contributed by atoms with van der Waals surface area (Å²) in [6, 6.07) is 14.2. The molecule has 2 amide bonds. The molecule has 0 aromatic heterocycles. The molecular weight excluding hydrogens is 399 g/mol. The monoisotopic (exact) mass is 424 g/mol. The van der Waals surface area contributed by atoms with E-state index in [2.05, 4.69) is 17.3 Å². The number of piperazine rings is 1. The number of likely N-dealkylation sites (N-methyl/N-ethyl adjacent to an activating group) is 1. The van der Waals surface area contributed by atoms with Gasteiger partial charge in [0.2, 0.25) is 5.91 Å². The molecule has 2 aromatic carbocycles. The highest BCUT2D eigenvalue weighted by molar-refractivity contribution is 6.04. The van der Waals surface area contributed by atoms with Gasteiger partial charge in [-0.1, -0.05) is 18.2 Å². The van der Waals surface area contributed by atoms with Crippen LogP contribution < -0.4 is 11.1 Å². The molecule has 1 aliphatic heterocycles. The lowest BCUT2D eigenvalue weighted by Gasteiger charge is -2.32. The van der Waals surface area contributed by atoms with Crippen molar-refractivity contribution in [1.29, 1.82) is 0 Å². The molecule has 3 N–H and O–H groups in total. The van der Waals surface area contributed by atoms with Crippen LogP contribution in [0.2, 0.25) is 0 Å². The maximum absolute atomic E-state index is 12.5. The van der Waals surface area contributed by atoms with Gasteiger partial charge in [0.05, 0.1) is 6.42 Å². The molecule has 0 aliphatic carbocycles. The van der Waals surface area contributed by atoms with E-state index in [1.54, 1.807) is 24.3 Å². The zero-order valence-corrected chi connectivity index (χ0v) is 17.4. The third kappa shape index (κ3) is 6.41. The van der Waals surface area contributed by atoms with Crippen molar-refractivity contribution in [2.45, 2.75) is 6.42 Å². The van der Waals surface area contributed by atoms with Crippen molar-refractivity contribution < 1.29 is 9.59 Å². The van der Waals surface area contributed by atoms with E-state index in [-0.39, 0.29) is 36.6 Å². The number of nitrogens with zero attached hydrogens (tertiary/aromatic N) is 2. The summed E-state index contributed by atoms with van der Waals surface area (Å²) in [7, 11) is 2.06. The molecule has 6 nitrogen and oxygen atoms in total. The first-order valence-corrected chi connectivity index (χ1v) is 8.73. The maximum atomic E-state index is 12.5. The summed E-state index contributed by atoms with van der Waals surface area (Å²) in [5, 5.41) is 2.86. The first-order valence-electron chi connectivity index (χ1n) is 8.73. The number of nitrogen functional groups attached to an aromatic ring is 1. The Bertz CT molecular complexity index is 808. The smallest absolute Gasteiger partial charge is 0.255 e. The minimum Gasteiger partial charge on any atom is -0.399 e. The summed E-state index contributed by atoms with van der Waals surface area (Å²) in [5.41, 5.74) is 8.33. The highest BCUT2D eigenvalue weighted by Gasteiger charge is 2.19. The summed E-state index contributed by atoms with van der Waals surface area (Å²) in [6.07, 6.45) is 0.339. The number of halogens is 2. The molecule has 0 atom stereocenters. The largest absolute Gasteiger partial charge is 0.399 e. The van der Waals surface area contributed by atoms with E-state index in [9.17, 15) is 9.59 Å². The molecule has 0 saturated carbocycles. The fraction of sp³-hybridized carbons (Fsp3) is 0.300. The van der Waals surface area contributed by atoms with Crippen LogP contribution in [0.4, 0.5) is 11.4 Å². The van der Waals surface area contributed by atoms with Gasteiger partial charge in [0, 0.05) is 43.1 Å². The van der Waals surface area contributed by atoms with Crippen LogP contribution in [0, 0.1) is 0 Å². The number of hydrogen-bond donors (Lipinski definition) is 2. The van der Waals surface area contributed by atoms with Gasteiger partial charge in [0.1, 0.15) is 0 Å². The minimum absolute atomic E-state index is 0. The van der Waals surface area contributed by atoms with E-state index >= 15 is 0 Å². The molecule has 0 bridgehead atoms. The Balaban J connectivity index is 0.00000196. The van der Waals surface area contributed by atoms with E-state index in [1.165, 1.54) is 0 Å². The van der Waals surface area contributed by atoms with Crippen LogP contribution in [0.15, 0.2) is 48.5 Å². The van der Waals surface area contributed by atoms with E-state index in [4.69, 9.17) is 5.73 Å². The lowest BCUT2D eigenvalue weighted by molar-refractivity contribution is -0.132. The molecule has 1 saturated heterocycles. The standard InChI is InChI=1S/C20H24N4O2.2ClH/c1-23-8-10-24(11-9-23)19(25)13-15-4-2-7-18(12-15)22-20(26)16-5-3-6-17(21)14-16;;/h2-7,12,14H,8-11,13,21H2,1H3,(H,22,26);2*1H. The highest BCUT2D eigenvalue weighted by atomic mass is 35.5. The van der Waals surface area contributed by atoms with Crippen LogP contribution in [0.5, 0.6) is 0 Å². The molecule has 2 aromatic rings. The van der Waals surface area contributed by atoms with E-state index in [0.29, 0.717) is 23.4 Å². The van der Waals surface area contributed by atoms with Gasteiger partial charge in [0.15, 0.2) is 0 Å². The molecular formula is C20H26Cl2N4O2. The normalized spacial score (nSPS) is 13.8. The fourth-order valence-corrected chi connectivity index (χ4v) is 2.98. The summed E-state index contributed by atoms with van der Waals surface area (Å²) >= 11 is 0. The quantitative estimate of drug-likeness (QED) is 0.739. The zero-order chi connectivity index (χ0) is 18.5. The second kappa shape index (κ2) is 10.9. The Morgan fingerprint density at radius 2 is 1.68 bits per heavy atom. The lowest BCUT2D eigenvalue weighted by atomic mass is 10.1. The molecule has 1 heterocycles. The van der Waals surface area contributed by atoms with E-state index < -0.39 is 0 Å². The van der Waals surface area contributed by atoms with Crippen molar-refractivity contribution in [3.63, 3.8) is 0 Å². The summed E-state index contributed by atoms with van der Waals surface area (Å²) < 4.78 is 0. The third-order valence-electron chi connectivity index (χ3n) is 4.54. The predicted octanol–water partition coefficient (Wildman–Crippen LogP) is 2.68. The molecule has 1 fully saturated rings. The van der Waals surface area contributed by atoms with E-state index in [0.717, 1.165) is 31.7 Å². The Morgan fingerprint density at radius 3 is 2.36 bits per heavy atom. The second-order valence-electron chi connectivity index (χ2n) is 6.64. The number of hydrogen-bond acceptors (Lipinski definition) is 4. The Hall–Kier alpha value is -2.28. The number of amides is 2. The molecule has 0 spiro atoms. The number of carbonyl (C=O) groups excluding carboxylic acids is 2. The van der Waals surface area contributed by atoms with Gasteiger partial charge in [-0.05, 0) is 42.9 Å². The predicted molar refractivity (Wildman–Crippen MR) is 118 cm³/mol. The van der Waals surface area contributed by atoms with Crippen molar-refractivity contribution in [3.8, 4) is 0 Å². The highest BCUT2D eigenvalue weighted by Crippen LogP contribution is 2.15. The number of carbonyl (C=O) groups is 2. The van der Waals surface area contributed by atoms with Gasteiger partial charge in [-0.15, -0.1) is 24.8 Å². The zero-order valence-electron chi connectivity index (χ0n) is 15.8. The van der Waals surface area contributed by atoms with Crippen LogP contribution in [-0.2, 0) is 11.2 Å². The van der Waals surface area contributed by atoms with Crippen molar-refractivity contribution in [2.75, 3.05) is 44.3 Å². The fourth-order valence-electron chi connectivity index (χ4n) is 2.98. The average molecular weight is 425 g/mol. The van der Waals surface area contributed by atoms with Gasteiger partial charge in [-0.2, -0.15) is 0 Å². The number of nitrogens with two attached hydrogens (primary N) is 1. The topological polar surface area (TPSA) is 78.7 Å². The Morgan fingerprint density at radius 1 is 1.00 bits per heavy atom. The lowest BCUT2D eigenvalue weighted by Crippen LogP contribution is -2.47. The SMILES string of the molecule is CN1CCN(C(=O)Cc2cccc(NC(=O)c3cccc(N)c3)c2)CC1.Cl.Cl. The number of rotatable bonds is 4. The van der Waals surface area contributed by atoms with Gasteiger partial charge >= 0.3 is 0 Å². The summed E-state index contributed by atoms with van der Waals surface area (Å²) in [5.74, 6) is -0.0998. The van der Waals surface area contributed by atoms with Crippen LogP contribution in [0.3, 0.4) is 0 Å². The molecule has 1 aliphatic rings. The third-order valence-corrected chi connectivity index (χ3v) is 4.54. The number of anilines is 2. The first kappa shape index (κ1) is 23.8. The Kier molecular flexibility index (Phi) is 9.25. The number of benzene rings is 2. The molecule has 8 heteroatoms. The van der Waals surface area contributed by atoms with Crippen molar-refractivity contribution >= 4 is 48.0 Å². The van der Waals surface area contributed by atoms with Crippen LogP contribution in [-0.4, -0.2) is 54.8 Å². The maximum Gasteiger partial charge on any atom is 0.255 e. The van der Waals surface area contributed by atoms with Gasteiger partial charge < -0.3 is 20.9 Å². The molecule has 3 rings (SSSR count). The molecule has 28 heavy (non-hydrogen) atoms.